The molecule has 0 unspecified atom stereocenters. The van der Waals surface area contributed by atoms with Gasteiger partial charge in [0, 0.05) is 0 Å². The smallest absolute Gasteiger partial charge is 0.0254 e. The van der Waals surface area contributed by atoms with Crippen LogP contribution < -0.4 is 0 Å². The molecule has 0 aliphatic rings. The van der Waals surface area contributed by atoms with Crippen LogP contribution in [-0.2, 0) is 0 Å². The quantitative estimate of drug-likeness (QED) is 0.606. The van der Waals surface area contributed by atoms with E-state index in [1.54, 1.807) is 6.08 Å². The molecule has 0 atom stereocenters. The van der Waals surface area contributed by atoms with Crippen LogP contribution >= 0.6 is 0 Å². The van der Waals surface area contributed by atoms with Gasteiger partial charge in [0.2, 0.25) is 0 Å². The van der Waals surface area contributed by atoms with Crippen molar-refractivity contribution in [3.05, 3.63) is 66.3 Å². The molecule has 1 aromatic carbocycles. The molecule has 1 rings (SSSR count). The predicted octanol–water partition coefficient (Wildman–Crippen LogP) is 3.75. The summed E-state index contributed by atoms with van der Waals surface area (Å²) in [7, 11) is 0. The number of benzene rings is 1. The molecule has 0 aromatic heterocycles. The van der Waals surface area contributed by atoms with E-state index in [0.717, 1.165) is 0 Å². The maximum absolute atomic E-state index is 3.60. The lowest BCUT2D eigenvalue weighted by atomic mass is 10.1. The van der Waals surface area contributed by atoms with Crippen LogP contribution in [0.4, 0.5) is 0 Å². The molecule has 1 aromatic rings. The van der Waals surface area contributed by atoms with Gasteiger partial charge < -0.3 is 0 Å². The van der Waals surface area contributed by atoms with Gasteiger partial charge in [-0.15, -0.1) is 0 Å². The lowest BCUT2D eigenvalue weighted by Crippen LogP contribution is -1.73. The van der Waals surface area contributed by atoms with E-state index in [1.165, 1.54) is 11.1 Å². The van der Waals surface area contributed by atoms with Crippen LogP contribution in [0.25, 0.3) is 6.08 Å². The number of rotatable bonds is 3. The summed E-state index contributed by atoms with van der Waals surface area (Å²) in [5.41, 5.74) is 2.52. The van der Waals surface area contributed by atoms with Gasteiger partial charge in [-0.05, 0) is 12.5 Å². The summed E-state index contributed by atoms with van der Waals surface area (Å²) in [6, 6.07) is 8.40. The molecule has 0 aliphatic carbocycles. The molecule has 13 heavy (non-hydrogen) atoms. The van der Waals surface area contributed by atoms with E-state index in [-0.39, 0.29) is 0 Å². The van der Waals surface area contributed by atoms with Crippen LogP contribution in [0.1, 0.15) is 11.1 Å². The van der Waals surface area contributed by atoms with E-state index in [2.05, 4.69) is 43.8 Å². The summed E-state index contributed by atoms with van der Waals surface area (Å²) in [6.07, 6.45) is 9.73. The highest BCUT2D eigenvalue weighted by Gasteiger charge is 1.84. The predicted molar refractivity (Wildman–Crippen MR) is 59.6 cm³/mol. The topological polar surface area (TPSA) is 0 Å². The molecular weight excluding hydrogens is 156 g/mol. The van der Waals surface area contributed by atoms with Crippen molar-refractivity contribution in [2.45, 2.75) is 6.92 Å². The second kappa shape index (κ2) is 5.15. The summed E-state index contributed by atoms with van der Waals surface area (Å²) >= 11 is 0. The van der Waals surface area contributed by atoms with E-state index in [1.807, 2.05) is 18.2 Å². The SMILES string of the molecule is C=C/C=C\C=Cc1cccc(C)c1. The van der Waals surface area contributed by atoms with Crippen molar-refractivity contribution in [1.82, 2.24) is 0 Å². The molecule has 0 fully saturated rings. The highest BCUT2D eigenvalue weighted by Crippen LogP contribution is 2.05. The van der Waals surface area contributed by atoms with Crippen molar-refractivity contribution in [3.63, 3.8) is 0 Å². The Balaban J connectivity index is 2.68. The molecule has 0 saturated carbocycles. The second-order valence-electron chi connectivity index (χ2n) is 2.89. The van der Waals surface area contributed by atoms with Crippen LogP contribution in [0.3, 0.4) is 0 Å². The van der Waals surface area contributed by atoms with Crippen LogP contribution in [0.2, 0.25) is 0 Å². The Kier molecular flexibility index (Phi) is 3.77. The average Bonchev–Trinajstić information content (AvgIpc) is 2.13. The molecule has 0 amide bonds. The Hall–Kier alpha value is -1.56. The first-order valence-corrected chi connectivity index (χ1v) is 4.35. The van der Waals surface area contributed by atoms with Gasteiger partial charge in [0.1, 0.15) is 0 Å². The standard InChI is InChI=1S/C13H14/c1-3-4-5-6-9-13-10-7-8-12(2)11-13/h3-11H,1H2,2H3/b5-4-,9-6?. The Morgan fingerprint density at radius 2 is 2.00 bits per heavy atom. The van der Waals surface area contributed by atoms with Crippen molar-refractivity contribution in [2.75, 3.05) is 0 Å². The number of hydrogen-bond donors (Lipinski definition) is 0. The molecule has 0 bridgehead atoms. The van der Waals surface area contributed by atoms with E-state index < -0.39 is 0 Å². The molecule has 0 heterocycles. The van der Waals surface area contributed by atoms with Crippen LogP contribution in [0.15, 0.2) is 55.1 Å². The molecule has 0 spiro atoms. The Morgan fingerprint density at radius 3 is 2.69 bits per heavy atom. The highest BCUT2D eigenvalue weighted by molar-refractivity contribution is 5.51. The fourth-order valence-corrected chi connectivity index (χ4v) is 1.08. The van der Waals surface area contributed by atoms with Crippen molar-refractivity contribution < 1.29 is 0 Å². The summed E-state index contributed by atoms with van der Waals surface area (Å²) in [4.78, 5) is 0. The van der Waals surface area contributed by atoms with Crippen molar-refractivity contribution in [1.29, 1.82) is 0 Å². The zero-order valence-electron chi connectivity index (χ0n) is 7.90. The maximum atomic E-state index is 3.60. The third-order valence-corrected chi connectivity index (χ3v) is 1.69. The minimum absolute atomic E-state index is 1.23. The van der Waals surface area contributed by atoms with Crippen molar-refractivity contribution in [2.24, 2.45) is 0 Å². The van der Waals surface area contributed by atoms with Gasteiger partial charge in [0.25, 0.3) is 0 Å². The molecule has 0 N–H and O–H groups in total. The van der Waals surface area contributed by atoms with Crippen LogP contribution in [0.5, 0.6) is 0 Å². The van der Waals surface area contributed by atoms with Crippen LogP contribution in [-0.4, -0.2) is 0 Å². The van der Waals surface area contributed by atoms with Gasteiger partial charge in [-0.2, -0.15) is 0 Å². The first-order chi connectivity index (χ1) is 6.33. The summed E-state index contributed by atoms with van der Waals surface area (Å²) < 4.78 is 0. The van der Waals surface area contributed by atoms with Gasteiger partial charge in [-0.1, -0.05) is 66.8 Å². The van der Waals surface area contributed by atoms with Gasteiger partial charge in [0.05, 0.1) is 0 Å². The third kappa shape index (κ3) is 3.57. The monoisotopic (exact) mass is 170 g/mol. The molecule has 0 nitrogen and oxygen atoms in total. The summed E-state index contributed by atoms with van der Waals surface area (Å²) in [5, 5.41) is 0. The average molecular weight is 170 g/mol. The van der Waals surface area contributed by atoms with E-state index >= 15 is 0 Å². The molecule has 0 saturated heterocycles. The summed E-state index contributed by atoms with van der Waals surface area (Å²) in [5.74, 6) is 0. The van der Waals surface area contributed by atoms with E-state index in [4.69, 9.17) is 0 Å². The summed E-state index contributed by atoms with van der Waals surface area (Å²) in [6.45, 7) is 5.69. The lowest BCUT2D eigenvalue weighted by Gasteiger charge is -1.93. The Labute approximate surface area is 79.9 Å². The third-order valence-electron chi connectivity index (χ3n) is 1.69. The minimum Gasteiger partial charge on any atom is -0.0991 e. The zero-order chi connectivity index (χ0) is 9.52. The van der Waals surface area contributed by atoms with Gasteiger partial charge in [0.15, 0.2) is 0 Å². The molecular formula is C13H14. The fraction of sp³-hybridized carbons (Fsp3) is 0.0769. The number of aryl methyl sites for hydroxylation is 1. The van der Waals surface area contributed by atoms with E-state index in [9.17, 15) is 0 Å². The molecule has 66 valence electrons. The second-order valence-corrected chi connectivity index (χ2v) is 2.89. The van der Waals surface area contributed by atoms with Crippen molar-refractivity contribution in [3.8, 4) is 0 Å². The number of allylic oxidation sites excluding steroid dienone is 4. The molecule has 0 aliphatic heterocycles. The first-order valence-electron chi connectivity index (χ1n) is 4.35. The molecule has 0 radical (unpaired) electrons. The van der Waals surface area contributed by atoms with Crippen LogP contribution in [0, 0.1) is 6.92 Å². The Morgan fingerprint density at radius 1 is 1.15 bits per heavy atom. The highest BCUT2D eigenvalue weighted by atomic mass is 13.9. The Bertz CT molecular complexity index is 330. The lowest BCUT2D eigenvalue weighted by molar-refractivity contribution is 1.46. The van der Waals surface area contributed by atoms with E-state index in [0.29, 0.717) is 0 Å². The maximum Gasteiger partial charge on any atom is -0.0254 e. The largest absolute Gasteiger partial charge is 0.0991 e. The normalized spacial score (nSPS) is 11.2. The van der Waals surface area contributed by atoms with Crippen molar-refractivity contribution >= 4 is 6.08 Å². The molecule has 0 heteroatoms. The number of hydrogen-bond acceptors (Lipinski definition) is 0. The first kappa shape index (κ1) is 9.53. The fourth-order valence-electron chi connectivity index (χ4n) is 1.08. The van der Waals surface area contributed by atoms with Gasteiger partial charge >= 0.3 is 0 Å². The van der Waals surface area contributed by atoms with Gasteiger partial charge in [-0.25, -0.2) is 0 Å². The minimum atomic E-state index is 1.23. The van der Waals surface area contributed by atoms with Gasteiger partial charge in [-0.3, -0.25) is 0 Å². The zero-order valence-corrected chi connectivity index (χ0v) is 7.90.